The average molecular weight is 384 g/mol. The van der Waals surface area contributed by atoms with E-state index in [1.165, 1.54) is 11.6 Å². The van der Waals surface area contributed by atoms with Gasteiger partial charge in [-0.3, -0.25) is 14.6 Å². The molecule has 4 rings (SSSR count). The standard InChI is InChI=1S/C23H20N4O2/c1-3-27-23(29)22(25-19-12-6-9-16-8-4-5-11-18(16)19)20(15(2)28)21(26-27)17-10-7-13-24-14-17/h4-14,25H,3H2,1-2H3. The lowest BCUT2D eigenvalue weighted by Crippen LogP contribution is -2.28. The minimum Gasteiger partial charge on any atom is -0.350 e. The number of aromatic nitrogens is 3. The highest BCUT2D eigenvalue weighted by Crippen LogP contribution is 2.30. The van der Waals surface area contributed by atoms with Gasteiger partial charge in [0, 0.05) is 35.6 Å². The summed E-state index contributed by atoms with van der Waals surface area (Å²) < 4.78 is 1.36. The average Bonchev–Trinajstić information content (AvgIpc) is 2.75. The summed E-state index contributed by atoms with van der Waals surface area (Å²) in [6, 6.07) is 17.3. The number of nitrogens with zero attached hydrogens (tertiary/aromatic N) is 3. The summed E-state index contributed by atoms with van der Waals surface area (Å²) in [5.41, 5.74) is 2.04. The van der Waals surface area contributed by atoms with Gasteiger partial charge in [0.25, 0.3) is 5.56 Å². The Morgan fingerprint density at radius 1 is 1.07 bits per heavy atom. The molecule has 0 unspecified atom stereocenters. The Morgan fingerprint density at radius 3 is 2.59 bits per heavy atom. The summed E-state index contributed by atoms with van der Waals surface area (Å²) in [4.78, 5) is 29.9. The van der Waals surface area contributed by atoms with Crippen LogP contribution in [-0.2, 0) is 6.54 Å². The number of Topliss-reactive ketones (excluding diaryl/α,β-unsaturated/α-hetero) is 1. The van der Waals surface area contributed by atoms with E-state index in [0.29, 0.717) is 17.8 Å². The molecule has 144 valence electrons. The minimum atomic E-state index is -0.335. The van der Waals surface area contributed by atoms with Gasteiger partial charge in [0.05, 0.1) is 5.56 Å². The summed E-state index contributed by atoms with van der Waals surface area (Å²) in [7, 11) is 0. The van der Waals surface area contributed by atoms with Crippen molar-refractivity contribution in [3.63, 3.8) is 0 Å². The molecule has 2 aromatic carbocycles. The normalized spacial score (nSPS) is 10.8. The Balaban J connectivity index is 1.99. The first-order chi connectivity index (χ1) is 14.1. The molecule has 0 spiro atoms. The van der Waals surface area contributed by atoms with E-state index in [4.69, 9.17) is 0 Å². The SMILES string of the molecule is CCn1nc(-c2cccnc2)c(C(C)=O)c(Nc2cccc3ccccc23)c1=O. The molecule has 29 heavy (non-hydrogen) atoms. The van der Waals surface area contributed by atoms with Crippen molar-refractivity contribution in [2.45, 2.75) is 20.4 Å². The molecule has 4 aromatic rings. The molecule has 2 aromatic heterocycles. The third kappa shape index (κ3) is 3.40. The maximum atomic E-state index is 13.1. The van der Waals surface area contributed by atoms with E-state index in [-0.39, 0.29) is 22.6 Å². The number of carbonyl (C=O) groups excluding carboxylic acids is 1. The lowest BCUT2D eigenvalue weighted by molar-refractivity contribution is 0.101. The number of anilines is 2. The second kappa shape index (κ2) is 7.67. The molecular formula is C23H20N4O2. The molecule has 0 saturated carbocycles. The van der Waals surface area contributed by atoms with Crippen molar-refractivity contribution in [3.05, 3.63) is 82.9 Å². The van der Waals surface area contributed by atoms with Gasteiger partial charge < -0.3 is 5.32 Å². The van der Waals surface area contributed by atoms with Gasteiger partial charge in [-0.25, -0.2) is 4.68 Å². The van der Waals surface area contributed by atoms with Gasteiger partial charge in [0.15, 0.2) is 5.78 Å². The van der Waals surface area contributed by atoms with Gasteiger partial charge in [0.1, 0.15) is 11.4 Å². The van der Waals surface area contributed by atoms with Crippen LogP contribution in [0, 0.1) is 0 Å². The highest BCUT2D eigenvalue weighted by atomic mass is 16.1. The molecule has 6 heteroatoms. The number of pyridine rings is 1. The number of nitrogens with one attached hydrogen (secondary N) is 1. The van der Waals surface area contributed by atoms with Crippen LogP contribution in [0.15, 0.2) is 71.8 Å². The van der Waals surface area contributed by atoms with E-state index in [0.717, 1.165) is 16.5 Å². The molecule has 0 atom stereocenters. The van der Waals surface area contributed by atoms with E-state index in [2.05, 4.69) is 15.4 Å². The number of carbonyl (C=O) groups is 1. The number of ketones is 1. The molecule has 0 radical (unpaired) electrons. The van der Waals surface area contributed by atoms with Crippen LogP contribution in [0.1, 0.15) is 24.2 Å². The Bertz CT molecular complexity index is 1260. The maximum Gasteiger partial charge on any atom is 0.291 e. The molecule has 6 nitrogen and oxygen atoms in total. The fourth-order valence-corrected chi connectivity index (χ4v) is 3.42. The Morgan fingerprint density at radius 2 is 1.86 bits per heavy atom. The van der Waals surface area contributed by atoms with Gasteiger partial charge in [-0.2, -0.15) is 5.10 Å². The summed E-state index contributed by atoms with van der Waals surface area (Å²) in [5, 5.41) is 9.69. The Kier molecular flexibility index (Phi) is 4.91. The van der Waals surface area contributed by atoms with Gasteiger partial charge in [0.2, 0.25) is 0 Å². The third-order valence-electron chi connectivity index (χ3n) is 4.79. The summed E-state index contributed by atoms with van der Waals surface area (Å²) in [6.45, 7) is 3.67. The zero-order valence-corrected chi connectivity index (χ0v) is 16.2. The largest absolute Gasteiger partial charge is 0.350 e. The zero-order valence-electron chi connectivity index (χ0n) is 16.2. The van der Waals surface area contributed by atoms with E-state index in [9.17, 15) is 9.59 Å². The van der Waals surface area contributed by atoms with Gasteiger partial charge >= 0.3 is 0 Å². The number of hydrogen-bond donors (Lipinski definition) is 1. The van der Waals surface area contributed by atoms with E-state index >= 15 is 0 Å². The van der Waals surface area contributed by atoms with Crippen LogP contribution in [0.25, 0.3) is 22.0 Å². The van der Waals surface area contributed by atoms with Gasteiger partial charge in [-0.05, 0) is 37.4 Å². The first kappa shape index (κ1) is 18.6. The Labute approximate surface area is 167 Å². The highest BCUT2D eigenvalue weighted by molar-refractivity contribution is 6.06. The fraction of sp³-hybridized carbons (Fsp3) is 0.130. The van der Waals surface area contributed by atoms with Crippen molar-refractivity contribution in [3.8, 4) is 11.3 Å². The molecule has 0 amide bonds. The van der Waals surface area contributed by atoms with E-state index in [1.807, 2.05) is 55.5 Å². The van der Waals surface area contributed by atoms with Gasteiger partial charge in [-0.1, -0.05) is 36.4 Å². The molecule has 0 aliphatic carbocycles. The lowest BCUT2D eigenvalue weighted by atomic mass is 10.0. The number of aryl methyl sites for hydroxylation is 1. The van der Waals surface area contributed by atoms with Crippen molar-refractivity contribution in [2.75, 3.05) is 5.32 Å². The van der Waals surface area contributed by atoms with Crippen molar-refractivity contribution in [2.24, 2.45) is 0 Å². The second-order valence-electron chi connectivity index (χ2n) is 6.67. The fourth-order valence-electron chi connectivity index (χ4n) is 3.42. The van der Waals surface area contributed by atoms with Gasteiger partial charge in [-0.15, -0.1) is 0 Å². The van der Waals surface area contributed by atoms with Crippen molar-refractivity contribution >= 4 is 27.9 Å². The topological polar surface area (TPSA) is 76.9 Å². The molecular weight excluding hydrogens is 364 g/mol. The number of fused-ring (bicyclic) bond motifs is 1. The lowest BCUT2D eigenvalue weighted by Gasteiger charge is -2.17. The van der Waals surface area contributed by atoms with Crippen LogP contribution >= 0.6 is 0 Å². The predicted octanol–water partition coefficient (Wildman–Crippen LogP) is 4.42. The first-order valence-corrected chi connectivity index (χ1v) is 9.41. The van der Waals surface area contributed by atoms with Crippen LogP contribution in [-0.4, -0.2) is 20.5 Å². The number of benzene rings is 2. The molecule has 0 aliphatic rings. The monoisotopic (exact) mass is 384 g/mol. The van der Waals surface area contributed by atoms with Crippen LogP contribution < -0.4 is 10.9 Å². The number of hydrogen-bond acceptors (Lipinski definition) is 5. The molecule has 0 aliphatic heterocycles. The van der Waals surface area contributed by atoms with Crippen molar-refractivity contribution in [1.82, 2.24) is 14.8 Å². The third-order valence-corrected chi connectivity index (χ3v) is 4.79. The van der Waals surface area contributed by atoms with Crippen LogP contribution in [0.2, 0.25) is 0 Å². The molecule has 2 heterocycles. The quantitative estimate of drug-likeness (QED) is 0.515. The summed E-state index contributed by atoms with van der Waals surface area (Å²) in [6.07, 6.45) is 3.29. The second-order valence-corrected chi connectivity index (χ2v) is 6.67. The number of rotatable bonds is 5. The van der Waals surface area contributed by atoms with Crippen LogP contribution in [0.3, 0.4) is 0 Å². The van der Waals surface area contributed by atoms with Crippen LogP contribution in [0.5, 0.6) is 0 Å². The minimum absolute atomic E-state index is 0.226. The molecule has 1 N–H and O–H groups in total. The highest BCUT2D eigenvalue weighted by Gasteiger charge is 2.22. The molecule has 0 bridgehead atoms. The van der Waals surface area contributed by atoms with E-state index in [1.54, 1.807) is 18.5 Å². The van der Waals surface area contributed by atoms with E-state index < -0.39 is 0 Å². The first-order valence-electron chi connectivity index (χ1n) is 9.41. The predicted molar refractivity (Wildman–Crippen MR) is 115 cm³/mol. The Hall–Kier alpha value is -3.80. The van der Waals surface area contributed by atoms with Crippen molar-refractivity contribution < 1.29 is 4.79 Å². The van der Waals surface area contributed by atoms with Crippen molar-refractivity contribution in [1.29, 1.82) is 0 Å². The summed E-state index contributed by atoms with van der Waals surface area (Å²) in [5.74, 6) is -0.237. The smallest absolute Gasteiger partial charge is 0.291 e. The van der Waals surface area contributed by atoms with Crippen LogP contribution in [0.4, 0.5) is 11.4 Å². The maximum absolute atomic E-state index is 13.1. The molecule has 0 fully saturated rings. The zero-order chi connectivity index (χ0) is 20.4. The molecule has 0 saturated heterocycles. The summed E-state index contributed by atoms with van der Waals surface area (Å²) >= 11 is 0.